The summed E-state index contributed by atoms with van der Waals surface area (Å²) < 4.78 is 0. The number of likely N-dealkylation sites (tertiary alicyclic amines) is 1. The lowest BCUT2D eigenvalue weighted by Gasteiger charge is -2.43. The lowest BCUT2D eigenvalue weighted by Crippen LogP contribution is -2.57. The number of hydrogen-bond acceptors (Lipinski definition) is 4. The summed E-state index contributed by atoms with van der Waals surface area (Å²) in [6.07, 6.45) is 2.09. The van der Waals surface area contributed by atoms with Gasteiger partial charge >= 0.3 is 5.97 Å². The van der Waals surface area contributed by atoms with Crippen molar-refractivity contribution in [1.29, 1.82) is 0 Å². The number of carbonyl (C=O) groups is 2. The lowest BCUT2D eigenvalue weighted by atomic mass is 9.73. The Hall–Kier alpha value is -2.93. The highest BCUT2D eigenvalue weighted by molar-refractivity contribution is 5.94. The monoisotopic (exact) mass is 384 g/mol. The third-order valence-corrected chi connectivity index (χ3v) is 5.45. The number of aromatic amines is 1. The van der Waals surface area contributed by atoms with Gasteiger partial charge in [-0.3, -0.25) is 14.4 Å². The molecule has 1 fully saturated rings. The molecule has 3 rings (SSSR count). The molecule has 0 aliphatic carbocycles. The SMILES string of the molecule is O=C(c1cc[nH]c(=O)c1)N1CC[C@H](O)[C@](CCCc2ccccc2)(C(=O)O)C1. The molecule has 3 N–H and O–H groups in total. The normalized spacial score (nSPS) is 22.0. The lowest BCUT2D eigenvalue weighted by molar-refractivity contribution is -0.162. The van der Waals surface area contributed by atoms with E-state index in [0.29, 0.717) is 12.8 Å². The Morgan fingerprint density at radius 1 is 1.21 bits per heavy atom. The van der Waals surface area contributed by atoms with Crippen LogP contribution in [0.25, 0.3) is 0 Å². The molecule has 28 heavy (non-hydrogen) atoms. The summed E-state index contributed by atoms with van der Waals surface area (Å²) in [5.74, 6) is -1.50. The van der Waals surface area contributed by atoms with Crippen LogP contribution in [0.5, 0.6) is 0 Å². The highest BCUT2D eigenvalue weighted by atomic mass is 16.4. The van der Waals surface area contributed by atoms with E-state index in [9.17, 15) is 24.6 Å². The molecule has 1 aromatic carbocycles. The number of aromatic nitrogens is 1. The number of carbonyl (C=O) groups excluding carboxylic acids is 1. The van der Waals surface area contributed by atoms with Crippen LogP contribution in [0.15, 0.2) is 53.5 Å². The third-order valence-electron chi connectivity index (χ3n) is 5.45. The number of H-pyrrole nitrogens is 1. The average Bonchev–Trinajstić information content (AvgIpc) is 2.69. The van der Waals surface area contributed by atoms with Crippen LogP contribution in [0.1, 0.15) is 35.2 Å². The summed E-state index contributed by atoms with van der Waals surface area (Å²) in [5, 5.41) is 20.4. The van der Waals surface area contributed by atoms with Gasteiger partial charge in [-0.1, -0.05) is 30.3 Å². The summed E-state index contributed by atoms with van der Waals surface area (Å²) in [7, 11) is 0. The summed E-state index contributed by atoms with van der Waals surface area (Å²) in [6.45, 7) is 0.171. The first-order chi connectivity index (χ1) is 13.4. The highest BCUT2D eigenvalue weighted by Gasteiger charge is 2.49. The first-order valence-corrected chi connectivity index (χ1v) is 9.36. The second-order valence-corrected chi connectivity index (χ2v) is 7.27. The number of amides is 1. The molecule has 1 saturated heterocycles. The first-order valence-electron chi connectivity index (χ1n) is 9.36. The molecule has 7 heteroatoms. The Balaban J connectivity index is 1.76. The molecule has 7 nitrogen and oxygen atoms in total. The maximum atomic E-state index is 12.8. The molecule has 1 amide bonds. The quantitative estimate of drug-likeness (QED) is 0.702. The van der Waals surface area contributed by atoms with Gasteiger partial charge in [-0.2, -0.15) is 0 Å². The van der Waals surface area contributed by atoms with Gasteiger partial charge < -0.3 is 20.1 Å². The number of aliphatic hydroxyl groups excluding tert-OH is 1. The molecular weight excluding hydrogens is 360 g/mol. The van der Waals surface area contributed by atoms with E-state index in [0.717, 1.165) is 5.56 Å². The summed E-state index contributed by atoms with van der Waals surface area (Å²) in [6, 6.07) is 12.4. The fourth-order valence-electron chi connectivity index (χ4n) is 3.83. The molecular formula is C21H24N2O5. The van der Waals surface area contributed by atoms with Crippen molar-refractivity contribution in [2.24, 2.45) is 5.41 Å². The molecule has 0 spiro atoms. The van der Waals surface area contributed by atoms with Gasteiger partial charge in [0.05, 0.1) is 6.10 Å². The second kappa shape index (κ2) is 8.39. The molecule has 0 bridgehead atoms. The van der Waals surface area contributed by atoms with Gasteiger partial charge in [0.15, 0.2) is 0 Å². The van der Waals surface area contributed by atoms with Crippen molar-refractivity contribution in [3.05, 3.63) is 70.1 Å². The fraction of sp³-hybridized carbons (Fsp3) is 0.381. The van der Waals surface area contributed by atoms with Crippen LogP contribution in [-0.4, -0.2) is 51.2 Å². The van der Waals surface area contributed by atoms with Crippen molar-refractivity contribution < 1.29 is 19.8 Å². The van der Waals surface area contributed by atoms with Crippen LogP contribution in [-0.2, 0) is 11.2 Å². The number of pyridine rings is 1. The Kier molecular flexibility index (Phi) is 5.94. The van der Waals surface area contributed by atoms with Crippen LogP contribution < -0.4 is 5.56 Å². The predicted molar refractivity (Wildman–Crippen MR) is 103 cm³/mol. The van der Waals surface area contributed by atoms with Crippen LogP contribution in [0, 0.1) is 5.41 Å². The molecule has 2 aromatic rings. The zero-order valence-corrected chi connectivity index (χ0v) is 15.5. The number of piperidine rings is 1. The number of nitrogens with one attached hydrogen (secondary N) is 1. The largest absolute Gasteiger partial charge is 0.481 e. The van der Waals surface area contributed by atoms with Gasteiger partial charge in [0.2, 0.25) is 5.56 Å². The fourth-order valence-corrected chi connectivity index (χ4v) is 3.83. The number of aliphatic carboxylic acids is 1. The minimum Gasteiger partial charge on any atom is -0.481 e. The number of benzene rings is 1. The third kappa shape index (κ3) is 4.14. The average molecular weight is 384 g/mol. The van der Waals surface area contributed by atoms with Gasteiger partial charge in [0, 0.05) is 30.9 Å². The first kappa shape index (κ1) is 19.8. The van der Waals surface area contributed by atoms with Crippen molar-refractivity contribution in [2.45, 2.75) is 31.8 Å². The van der Waals surface area contributed by atoms with Crippen LogP contribution in [0.3, 0.4) is 0 Å². The summed E-state index contributed by atoms with van der Waals surface area (Å²) >= 11 is 0. The predicted octanol–water partition coefficient (Wildman–Crippen LogP) is 1.68. The zero-order valence-electron chi connectivity index (χ0n) is 15.5. The van der Waals surface area contributed by atoms with Crippen molar-refractivity contribution >= 4 is 11.9 Å². The van der Waals surface area contributed by atoms with Gasteiger partial charge in [-0.05, 0) is 37.3 Å². The van der Waals surface area contributed by atoms with E-state index >= 15 is 0 Å². The number of hydrogen-bond donors (Lipinski definition) is 3. The van der Waals surface area contributed by atoms with E-state index in [-0.39, 0.29) is 31.5 Å². The number of nitrogens with zero attached hydrogens (tertiary/aromatic N) is 1. The maximum absolute atomic E-state index is 12.8. The Labute approximate surface area is 162 Å². The van der Waals surface area contributed by atoms with E-state index in [2.05, 4.69) is 4.98 Å². The Morgan fingerprint density at radius 2 is 1.96 bits per heavy atom. The Morgan fingerprint density at radius 3 is 2.64 bits per heavy atom. The number of aliphatic hydroxyl groups is 1. The maximum Gasteiger partial charge on any atom is 0.314 e. The van der Waals surface area contributed by atoms with E-state index in [1.165, 1.54) is 23.2 Å². The van der Waals surface area contributed by atoms with Crippen molar-refractivity contribution in [3.63, 3.8) is 0 Å². The number of carboxylic acid groups (broad SMARTS) is 1. The molecule has 2 atom stereocenters. The van der Waals surface area contributed by atoms with Crippen LogP contribution in [0.2, 0.25) is 0 Å². The molecule has 0 saturated carbocycles. The number of carboxylic acids is 1. The zero-order chi connectivity index (χ0) is 20.1. The van der Waals surface area contributed by atoms with E-state index < -0.39 is 29.0 Å². The topological polar surface area (TPSA) is 111 Å². The number of aryl methyl sites for hydroxylation is 1. The van der Waals surface area contributed by atoms with Crippen LogP contribution >= 0.6 is 0 Å². The second-order valence-electron chi connectivity index (χ2n) is 7.27. The van der Waals surface area contributed by atoms with Crippen molar-refractivity contribution in [3.8, 4) is 0 Å². The molecule has 1 aliphatic rings. The van der Waals surface area contributed by atoms with Gasteiger partial charge in [-0.15, -0.1) is 0 Å². The highest BCUT2D eigenvalue weighted by Crippen LogP contribution is 2.36. The molecule has 2 heterocycles. The van der Waals surface area contributed by atoms with Gasteiger partial charge in [0.1, 0.15) is 5.41 Å². The standard InChI is InChI=1S/C21H24N2O5/c24-17-9-12-23(19(26)16-8-11-22-18(25)13-16)14-21(17,20(27)28)10-4-7-15-5-2-1-3-6-15/h1-3,5-6,8,11,13,17,24H,4,7,9-10,12,14H2,(H,22,25)(H,27,28)/t17-,21+/m0/s1. The van der Waals surface area contributed by atoms with E-state index in [1.807, 2.05) is 30.3 Å². The van der Waals surface area contributed by atoms with Crippen LogP contribution in [0.4, 0.5) is 0 Å². The van der Waals surface area contributed by atoms with E-state index in [4.69, 9.17) is 0 Å². The van der Waals surface area contributed by atoms with Crippen molar-refractivity contribution in [2.75, 3.05) is 13.1 Å². The van der Waals surface area contributed by atoms with Crippen molar-refractivity contribution in [1.82, 2.24) is 9.88 Å². The molecule has 0 unspecified atom stereocenters. The smallest absolute Gasteiger partial charge is 0.314 e. The molecule has 148 valence electrons. The van der Waals surface area contributed by atoms with E-state index in [1.54, 1.807) is 0 Å². The molecule has 1 aromatic heterocycles. The van der Waals surface area contributed by atoms with Gasteiger partial charge in [-0.25, -0.2) is 0 Å². The minimum atomic E-state index is -1.41. The summed E-state index contributed by atoms with van der Waals surface area (Å²) in [5.41, 5.74) is -0.493. The molecule has 1 aliphatic heterocycles. The minimum absolute atomic E-state index is 0.0794. The molecule has 0 radical (unpaired) electrons. The number of rotatable bonds is 6. The Bertz CT molecular complexity index is 895. The summed E-state index contributed by atoms with van der Waals surface area (Å²) in [4.78, 5) is 40.3. The van der Waals surface area contributed by atoms with Gasteiger partial charge in [0.25, 0.3) is 5.91 Å².